The van der Waals surface area contributed by atoms with Gasteiger partial charge in [-0.05, 0) is 30.7 Å². The number of nitrogens with zero attached hydrogens (tertiary/aromatic N) is 5. The van der Waals surface area contributed by atoms with Crippen molar-refractivity contribution in [1.82, 2.24) is 24.6 Å². The van der Waals surface area contributed by atoms with E-state index in [4.69, 9.17) is 24.3 Å². The fraction of sp³-hybridized carbons (Fsp3) is 0.484. The number of fused-ring (bicyclic) bond motifs is 2. The van der Waals surface area contributed by atoms with Gasteiger partial charge < -0.3 is 29.7 Å². The third-order valence-corrected chi connectivity index (χ3v) is 9.19. The highest BCUT2D eigenvalue weighted by atomic mass is 31.2. The molecule has 3 heterocycles. The number of esters is 1. The highest BCUT2D eigenvalue weighted by Gasteiger charge is 2.65. The molecule has 1 aliphatic heterocycles. The van der Waals surface area contributed by atoms with E-state index in [1.165, 1.54) is 13.0 Å². The number of hydrogen-bond acceptors (Lipinski definition) is 12. The van der Waals surface area contributed by atoms with Gasteiger partial charge in [0.1, 0.15) is 18.4 Å². The fourth-order valence-electron chi connectivity index (χ4n) is 5.14. The van der Waals surface area contributed by atoms with E-state index in [1.54, 1.807) is 55.4 Å². The monoisotopic (exact) mass is 691 g/mol. The van der Waals surface area contributed by atoms with Crippen molar-refractivity contribution >= 4 is 47.4 Å². The summed E-state index contributed by atoms with van der Waals surface area (Å²) in [6.07, 6.45) is -3.12. The molecule has 0 bridgehead atoms. The van der Waals surface area contributed by atoms with E-state index in [2.05, 4.69) is 20.0 Å². The highest BCUT2D eigenvalue weighted by Crippen LogP contribution is 2.52. The van der Waals surface area contributed by atoms with Gasteiger partial charge in [0.25, 0.3) is 5.85 Å². The van der Waals surface area contributed by atoms with Gasteiger partial charge in [-0.1, -0.05) is 57.2 Å². The maximum atomic E-state index is 16.6. The molecule has 0 radical (unpaired) electrons. The quantitative estimate of drug-likeness (QED) is 0.146. The van der Waals surface area contributed by atoms with E-state index < -0.39 is 50.2 Å². The van der Waals surface area contributed by atoms with Crippen molar-refractivity contribution in [2.24, 2.45) is 5.41 Å². The summed E-state index contributed by atoms with van der Waals surface area (Å²) in [5.74, 6) is -3.80. The molecule has 4 N–H and O–H groups in total. The maximum Gasteiger partial charge on any atom is 0.459 e. The minimum absolute atomic E-state index is 0.0201. The number of carbonyl (C=O) groups excluding carboxylic acids is 1. The number of aliphatic hydroxyl groups excluding tert-OH is 1. The van der Waals surface area contributed by atoms with Gasteiger partial charge in [-0.15, -0.1) is 0 Å². The zero-order valence-corrected chi connectivity index (χ0v) is 28.6. The predicted octanol–water partition coefficient (Wildman–Crippen LogP) is 4.68. The normalized spacial score (nSPS) is 24.8. The van der Waals surface area contributed by atoms with Crippen LogP contribution in [-0.2, 0) is 23.4 Å². The number of hydrogen-bond donors (Lipinski definition) is 3. The predicted molar refractivity (Wildman–Crippen MR) is 175 cm³/mol. The molecule has 2 aromatic heterocycles. The second kappa shape index (κ2) is 12.8. The molecule has 4 aromatic rings. The zero-order chi connectivity index (χ0) is 35.2. The Morgan fingerprint density at radius 3 is 2.58 bits per heavy atom. The molecule has 1 saturated heterocycles. The van der Waals surface area contributed by atoms with E-state index >= 15 is 8.78 Å². The lowest BCUT2D eigenvalue weighted by molar-refractivity contribution is -0.202. The summed E-state index contributed by atoms with van der Waals surface area (Å²) in [5, 5.41) is 14.8. The van der Waals surface area contributed by atoms with Crippen molar-refractivity contribution in [3.63, 3.8) is 0 Å². The van der Waals surface area contributed by atoms with E-state index in [9.17, 15) is 14.5 Å². The first-order chi connectivity index (χ1) is 22.3. The Morgan fingerprint density at radius 1 is 1.21 bits per heavy atom. The summed E-state index contributed by atoms with van der Waals surface area (Å²) in [4.78, 5) is 27.0. The molecule has 1 aliphatic rings. The second-order valence-electron chi connectivity index (χ2n) is 13.3. The van der Waals surface area contributed by atoms with Crippen LogP contribution < -0.4 is 20.2 Å². The first-order valence-electron chi connectivity index (χ1n) is 15.1. The molecule has 0 aliphatic carbocycles. The number of alkyl halides is 2. The molecule has 1 fully saturated rings. The number of imidazole rings is 1. The third kappa shape index (κ3) is 7.08. The van der Waals surface area contributed by atoms with Gasteiger partial charge in [0.15, 0.2) is 35.0 Å². The van der Waals surface area contributed by atoms with Crippen LogP contribution in [0.4, 0.5) is 20.5 Å². The van der Waals surface area contributed by atoms with Crippen molar-refractivity contribution in [3.8, 4) is 5.75 Å². The summed E-state index contributed by atoms with van der Waals surface area (Å²) in [7, 11) is -1.31. The van der Waals surface area contributed by atoms with E-state index in [1.807, 2.05) is 20.8 Å². The minimum atomic E-state index is -4.69. The number of nitrogens with two attached hydrogens (primary N) is 1. The molecule has 6 atom stereocenters. The van der Waals surface area contributed by atoms with Crippen molar-refractivity contribution in [1.29, 1.82) is 0 Å². The summed E-state index contributed by atoms with van der Waals surface area (Å²) in [5.41, 5.74) is 2.98. The molecule has 0 spiro atoms. The Balaban J connectivity index is 1.45. The average Bonchev–Trinajstić information content (AvgIpc) is 3.50. The summed E-state index contributed by atoms with van der Waals surface area (Å²) < 4.78 is 70.5. The molecular formula is C31H40F2N7O7P. The van der Waals surface area contributed by atoms with Crippen LogP contribution in [0, 0.1) is 5.41 Å². The first-order valence-corrected chi connectivity index (χ1v) is 16.7. The number of nitrogens with one attached hydrogen (secondary N) is 1. The van der Waals surface area contributed by atoms with Gasteiger partial charge in [-0.2, -0.15) is 15.1 Å². The molecule has 14 nitrogen and oxygen atoms in total. The molecule has 0 saturated carbocycles. The number of benzene rings is 2. The van der Waals surface area contributed by atoms with Gasteiger partial charge in [0.05, 0.1) is 12.9 Å². The molecule has 5 rings (SSSR count). The number of aromatic nitrogens is 4. The number of aliphatic hydroxyl groups is 1. The minimum Gasteiger partial charge on any atom is -0.464 e. The van der Waals surface area contributed by atoms with Crippen LogP contribution >= 0.6 is 7.75 Å². The first kappa shape index (κ1) is 35.4. The van der Waals surface area contributed by atoms with E-state index in [-0.39, 0.29) is 34.9 Å². The smallest absolute Gasteiger partial charge is 0.459 e. The molecule has 17 heteroatoms. The van der Waals surface area contributed by atoms with Crippen molar-refractivity contribution in [2.75, 3.05) is 37.9 Å². The number of nitrogen functional groups attached to an aromatic ring is 1. The molecular weight excluding hydrogens is 651 g/mol. The highest BCUT2D eigenvalue weighted by molar-refractivity contribution is 7.52. The van der Waals surface area contributed by atoms with Crippen LogP contribution in [-0.4, -0.2) is 81.6 Å². The second-order valence-corrected chi connectivity index (χ2v) is 15.0. The number of carbonyl (C=O) groups is 1. The number of anilines is 2. The lowest BCUT2D eigenvalue weighted by Gasteiger charge is -2.28. The van der Waals surface area contributed by atoms with Crippen LogP contribution in [0.5, 0.6) is 5.75 Å². The Bertz CT molecular complexity index is 1860. The standard InChI is InChI=1S/C31H40F2N7O7P/c1-18(25(41)44-15-29(2,3)4)38-48(43,47-21-14-10-12-19-11-8-9-13-20(19)21)45-16-31(33)26(42)30(5,32)27(46-31)40-17-35-22-23(39(6)7)36-28(34)37-24(22)40/h8-14,17-18,26-27,42H,15-16H2,1-7H3,(H,38,43)(H2,34,36,37)/t18-,26-,27+,30+,31+,48-/m0/s1. The van der Waals surface area contributed by atoms with Gasteiger partial charge in [-0.25, -0.2) is 18.3 Å². The Morgan fingerprint density at radius 2 is 1.90 bits per heavy atom. The van der Waals surface area contributed by atoms with Crippen LogP contribution in [0.2, 0.25) is 0 Å². The summed E-state index contributed by atoms with van der Waals surface area (Å²) >= 11 is 0. The summed E-state index contributed by atoms with van der Waals surface area (Å²) in [6, 6.07) is 10.8. The van der Waals surface area contributed by atoms with E-state index in [0.29, 0.717) is 11.2 Å². The van der Waals surface area contributed by atoms with Crippen molar-refractivity contribution < 1.29 is 41.8 Å². The van der Waals surface area contributed by atoms with Crippen LogP contribution in [0.15, 0.2) is 48.8 Å². The van der Waals surface area contributed by atoms with E-state index in [0.717, 1.165) is 23.2 Å². The average molecular weight is 692 g/mol. The molecule has 260 valence electrons. The summed E-state index contributed by atoms with van der Waals surface area (Å²) in [6.45, 7) is 6.68. The largest absolute Gasteiger partial charge is 0.464 e. The van der Waals surface area contributed by atoms with Crippen molar-refractivity contribution in [2.45, 2.75) is 64.5 Å². The molecule has 48 heavy (non-hydrogen) atoms. The Kier molecular flexibility index (Phi) is 9.45. The van der Waals surface area contributed by atoms with Crippen LogP contribution in [0.3, 0.4) is 0 Å². The van der Waals surface area contributed by atoms with Crippen molar-refractivity contribution in [3.05, 3.63) is 48.8 Å². The third-order valence-electron chi connectivity index (χ3n) is 7.58. The topological polar surface area (TPSA) is 176 Å². The fourth-order valence-corrected chi connectivity index (χ4v) is 6.66. The maximum absolute atomic E-state index is 16.6. The lowest BCUT2D eigenvalue weighted by Crippen LogP contribution is -2.47. The lowest BCUT2D eigenvalue weighted by atomic mass is 9.97. The number of rotatable bonds is 11. The van der Waals surface area contributed by atoms with Crippen LogP contribution in [0.25, 0.3) is 21.9 Å². The zero-order valence-electron chi connectivity index (χ0n) is 27.7. The SMILES string of the molecule is C[C@H](N[P@](=O)(OC[C@@]1(F)O[C@@H](n2cnc3c(N(C)C)nc(N)nc32)[C@](C)(F)[C@@H]1O)Oc1cccc2ccccc12)C(=O)OCC(C)(C)C. The van der Waals surface area contributed by atoms with Crippen LogP contribution in [0.1, 0.15) is 40.8 Å². The molecule has 0 amide bonds. The Hall–Kier alpha value is -3.95. The van der Waals surface area contributed by atoms with Gasteiger partial charge in [-0.3, -0.25) is 13.9 Å². The number of ether oxygens (including phenoxy) is 2. The molecule has 0 unspecified atom stereocenters. The molecule has 2 aromatic carbocycles. The van der Waals surface area contributed by atoms with Gasteiger partial charge in [0.2, 0.25) is 5.95 Å². The Labute approximate surface area is 276 Å². The number of halogens is 2. The van der Waals surface area contributed by atoms with Gasteiger partial charge in [0, 0.05) is 19.5 Å². The van der Waals surface area contributed by atoms with Gasteiger partial charge >= 0.3 is 13.7 Å².